The first-order valence-electron chi connectivity index (χ1n) is 6.41. The van der Waals surface area contributed by atoms with Crippen LogP contribution in [0, 0.1) is 10.1 Å². The Balaban J connectivity index is 1.94. The molecule has 118 valence electrons. The number of thiophene rings is 1. The number of nitrogens with one attached hydrogen (secondary N) is 2. The van der Waals surface area contributed by atoms with Crippen LogP contribution < -0.4 is 10.7 Å². The second kappa shape index (κ2) is 7.27. The van der Waals surface area contributed by atoms with Gasteiger partial charge in [0.15, 0.2) is 0 Å². The van der Waals surface area contributed by atoms with Crippen LogP contribution in [0.4, 0.5) is 10.7 Å². The molecule has 1 aromatic heterocycles. The molecule has 0 spiro atoms. The highest BCUT2D eigenvalue weighted by Gasteiger charge is 2.08. The Morgan fingerprint density at radius 1 is 1.22 bits per heavy atom. The van der Waals surface area contributed by atoms with Crippen molar-refractivity contribution in [2.24, 2.45) is 5.10 Å². The molecule has 1 heterocycles. The van der Waals surface area contributed by atoms with Crippen LogP contribution in [0.3, 0.4) is 0 Å². The number of anilines is 1. The molecule has 1 aromatic carbocycles. The van der Waals surface area contributed by atoms with Gasteiger partial charge in [-0.1, -0.05) is 11.3 Å². The number of hydrogen-bond donors (Lipinski definition) is 2. The predicted molar refractivity (Wildman–Crippen MR) is 86.8 cm³/mol. The van der Waals surface area contributed by atoms with E-state index in [2.05, 4.69) is 15.8 Å². The maximum absolute atomic E-state index is 11.9. The molecule has 2 rings (SSSR count). The van der Waals surface area contributed by atoms with Crippen LogP contribution in [0.25, 0.3) is 0 Å². The van der Waals surface area contributed by atoms with Crippen molar-refractivity contribution in [3.8, 4) is 0 Å². The molecule has 2 N–H and O–H groups in total. The van der Waals surface area contributed by atoms with Gasteiger partial charge < -0.3 is 5.32 Å². The standard InChI is InChI=1S/C14H12N4O4S/c1-9(19)16-11-4-2-10(3-5-11)14(20)17-15-8-12-6-7-13(23-12)18(21)22/h2-8H,1H3,(H,16,19)(H,17,20). The summed E-state index contributed by atoms with van der Waals surface area (Å²) in [6.45, 7) is 1.39. The lowest BCUT2D eigenvalue weighted by atomic mass is 10.2. The van der Waals surface area contributed by atoms with Crippen molar-refractivity contribution >= 4 is 40.1 Å². The third-order valence-corrected chi connectivity index (χ3v) is 3.59. The number of amides is 2. The molecule has 0 aliphatic heterocycles. The fraction of sp³-hybridized carbons (Fsp3) is 0.0714. The monoisotopic (exact) mass is 332 g/mol. The molecule has 0 bridgehead atoms. The normalized spacial score (nSPS) is 10.5. The third-order valence-electron chi connectivity index (χ3n) is 2.62. The molecule has 2 aromatic rings. The quantitative estimate of drug-likeness (QED) is 0.497. The van der Waals surface area contributed by atoms with Crippen molar-refractivity contribution < 1.29 is 14.5 Å². The first-order chi connectivity index (χ1) is 11.0. The van der Waals surface area contributed by atoms with E-state index in [1.165, 1.54) is 19.2 Å². The van der Waals surface area contributed by atoms with Gasteiger partial charge in [-0.15, -0.1) is 0 Å². The molecule has 0 radical (unpaired) electrons. The van der Waals surface area contributed by atoms with Gasteiger partial charge in [0.05, 0.1) is 16.0 Å². The van der Waals surface area contributed by atoms with Gasteiger partial charge >= 0.3 is 5.00 Å². The summed E-state index contributed by atoms with van der Waals surface area (Å²) >= 11 is 0.956. The van der Waals surface area contributed by atoms with Crippen LogP contribution >= 0.6 is 11.3 Å². The smallest absolute Gasteiger partial charge is 0.324 e. The summed E-state index contributed by atoms with van der Waals surface area (Å²) in [5, 5.41) is 16.9. The Labute approximate surface area is 135 Å². The summed E-state index contributed by atoms with van der Waals surface area (Å²) in [5.74, 6) is -0.626. The first-order valence-corrected chi connectivity index (χ1v) is 7.22. The van der Waals surface area contributed by atoms with Crippen molar-refractivity contribution in [2.45, 2.75) is 6.92 Å². The van der Waals surface area contributed by atoms with Crippen molar-refractivity contribution in [2.75, 3.05) is 5.32 Å². The molecule has 8 nitrogen and oxygen atoms in total. The molecule has 0 saturated heterocycles. The van der Waals surface area contributed by atoms with E-state index >= 15 is 0 Å². The van der Waals surface area contributed by atoms with Gasteiger partial charge in [0.1, 0.15) is 0 Å². The maximum Gasteiger partial charge on any atom is 0.324 e. The van der Waals surface area contributed by atoms with E-state index in [-0.39, 0.29) is 10.9 Å². The number of hydrazone groups is 1. The zero-order valence-corrected chi connectivity index (χ0v) is 12.8. The summed E-state index contributed by atoms with van der Waals surface area (Å²) in [5.41, 5.74) is 3.28. The Morgan fingerprint density at radius 3 is 2.48 bits per heavy atom. The average Bonchev–Trinajstić information content (AvgIpc) is 2.96. The number of nitro groups is 1. The summed E-state index contributed by atoms with van der Waals surface area (Å²) in [6.07, 6.45) is 1.33. The highest BCUT2D eigenvalue weighted by atomic mass is 32.1. The lowest BCUT2D eigenvalue weighted by Gasteiger charge is -2.03. The molecule has 0 unspecified atom stereocenters. The van der Waals surface area contributed by atoms with Crippen LogP contribution in [0.5, 0.6) is 0 Å². The minimum atomic E-state index is -0.489. The van der Waals surface area contributed by atoms with Crippen molar-refractivity contribution in [1.82, 2.24) is 5.43 Å². The SMILES string of the molecule is CC(=O)Nc1ccc(C(=O)NN=Cc2ccc([N+](=O)[O-])s2)cc1. The van der Waals surface area contributed by atoms with E-state index < -0.39 is 10.8 Å². The summed E-state index contributed by atoms with van der Waals surface area (Å²) in [6, 6.07) is 9.21. The second-order valence-electron chi connectivity index (χ2n) is 4.39. The number of benzene rings is 1. The number of carbonyl (C=O) groups excluding carboxylic acids is 2. The summed E-state index contributed by atoms with van der Waals surface area (Å²) < 4.78 is 0. The number of carbonyl (C=O) groups is 2. The highest BCUT2D eigenvalue weighted by Crippen LogP contribution is 2.22. The fourth-order valence-corrected chi connectivity index (χ4v) is 2.33. The molecule has 0 aliphatic rings. The molecule has 9 heteroatoms. The van der Waals surface area contributed by atoms with E-state index in [0.29, 0.717) is 16.1 Å². The van der Waals surface area contributed by atoms with Crippen molar-refractivity contribution in [1.29, 1.82) is 0 Å². The summed E-state index contributed by atoms with van der Waals surface area (Å²) in [4.78, 5) is 33.4. The van der Waals surface area contributed by atoms with Gasteiger partial charge in [-0.2, -0.15) is 5.10 Å². The van der Waals surface area contributed by atoms with Crippen LogP contribution in [0.2, 0.25) is 0 Å². The van der Waals surface area contributed by atoms with Gasteiger partial charge in [0.25, 0.3) is 5.91 Å². The van der Waals surface area contributed by atoms with E-state index in [9.17, 15) is 19.7 Å². The lowest BCUT2D eigenvalue weighted by Crippen LogP contribution is -2.17. The molecule has 23 heavy (non-hydrogen) atoms. The number of rotatable bonds is 5. The summed E-state index contributed by atoms with van der Waals surface area (Å²) in [7, 11) is 0. The second-order valence-corrected chi connectivity index (χ2v) is 5.48. The van der Waals surface area contributed by atoms with E-state index in [1.54, 1.807) is 30.3 Å². The van der Waals surface area contributed by atoms with Crippen molar-refractivity contribution in [3.05, 3.63) is 57.0 Å². The van der Waals surface area contributed by atoms with Gasteiger partial charge in [-0.3, -0.25) is 19.7 Å². The highest BCUT2D eigenvalue weighted by molar-refractivity contribution is 7.16. The van der Waals surface area contributed by atoms with Crippen LogP contribution in [0.15, 0.2) is 41.5 Å². The predicted octanol–water partition coefficient (Wildman–Crippen LogP) is 2.38. The number of nitrogens with zero attached hydrogens (tertiary/aromatic N) is 2. The molecule has 0 atom stereocenters. The average molecular weight is 332 g/mol. The Kier molecular flexibility index (Phi) is 5.15. The molecular weight excluding hydrogens is 320 g/mol. The van der Waals surface area contributed by atoms with Crippen LogP contribution in [-0.2, 0) is 4.79 Å². The zero-order chi connectivity index (χ0) is 16.8. The Hall–Kier alpha value is -3.07. The van der Waals surface area contributed by atoms with E-state index in [1.807, 2.05) is 0 Å². The number of hydrogen-bond acceptors (Lipinski definition) is 6. The van der Waals surface area contributed by atoms with Crippen molar-refractivity contribution in [3.63, 3.8) is 0 Å². The van der Waals surface area contributed by atoms with Crippen LogP contribution in [0.1, 0.15) is 22.2 Å². The first kappa shape index (κ1) is 16.3. The zero-order valence-electron chi connectivity index (χ0n) is 12.0. The molecule has 0 aliphatic carbocycles. The van der Waals surface area contributed by atoms with Crippen LogP contribution in [-0.4, -0.2) is 23.0 Å². The molecule has 0 fully saturated rings. The maximum atomic E-state index is 11.9. The molecule has 0 saturated carbocycles. The fourth-order valence-electron chi connectivity index (χ4n) is 1.64. The molecular formula is C14H12N4O4S. The Morgan fingerprint density at radius 2 is 1.91 bits per heavy atom. The lowest BCUT2D eigenvalue weighted by molar-refractivity contribution is -0.380. The van der Waals surface area contributed by atoms with Gasteiger partial charge in [0, 0.05) is 24.2 Å². The topological polar surface area (TPSA) is 114 Å². The molecule has 2 amide bonds. The largest absolute Gasteiger partial charge is 0.326 e. The van der Waals surface area contributed by atoms with Gasteiger partial charge in [-0.05, 0) is 30.3 Å². The van der Waals surface area contributed by atoms with Gasteiger partial charge in [0.2, 0.25) is 5.91 Å². The van der Waals surface area contributed by atoms with Gasteiger partial charge in [-0.25, -0.2) is 5.43 Å². The minimum Gasteiger partial charge on any atom is -0.326 e. The third kappa shape index (κ3) is 4.71. The van der Waals surface area contributed by atoms with E-state index in [4.69, 9.17) is 0 Å². The van der Waals surface area contributed by atoms with E-state index in [0.717, 1.165) is 11.3 Å². The minimum absolute atomic E-state index is 0.00587. The Bertz CT molecular complexity index is 767.